The van der Waals surface area contributed by atoms with Crippen LogP contribution in [0.25, 0.3) is 10.8 Å². The molecule has 1 aromatic heterocycles. The second-order valence-electron chi connectivity index (χ2n) is 6.86. The number of fused-ring (bicyclic) bond motifs is 1. The zero-order chi connectivity index (χ0) is 22.1. The number of aliphatic hydroxyl groups excluding tert-OH is 1. The Balaban J connectivity index is 0.00000341. The quantitative estimate of drug-likeness (QED) is 0.575. The number of pyridine rings is 1. The number of alkyl halides is 3. The molecule has 0 unspecified atom stereocenters. The number of rotatable bonds is 5. The average molecular weight is 438 g/mol. The van der Waals surface area contributed by atoms with Crippen LogP contribution < -0.4 is 10.9 Å². The maximum atomic E-state index is 13.4. The van der Waals surface area contributed by atoms with Gasteiger partial charge >= 0.3 is 6.18 Å². The number of carbonyl (C=O) groups is 1. The van der Waals surface area contributed by atoms with Crippen molar-refractivity contribution in [2.24, 2.45) is 0 Å². The second kappa shape index (κ2) is 9.30. The number of hydrogen-bond acceptors (Lipinski definition) is 3. The lowest BCUT2D eigenvalue weighted by Crippen LogP contribution is -2.25. The molecule has 0 aliphatic carbocycles. The van der Waals surface area contributed by atoms with Crippen LogP contribution in [0.1, 0.15) is 31.5 Å². The van der Waals surface area contributed by atoms with Gasteiger partial charge in [-0.3, -0.25) is 9.59 Å². The van der Waals surface area contributed by atoms with Crippen LogP contribution in [0, 0.1) is 5.82 Å². The Bertz CT molecular complexity index is 1160. The van der Waals surface area contributed by atoms with E-state index in [-0.39, 0.29) is 25.2 Å². The van der Waals surface area contributed by atoms with E-state index in [4.69, 9.17) is 0 Å². The minimum absolute atomic E-state index is 0. The van der Waals surface area contributed by atoms with Crippen LogP contribution in [0.2, 0.25) is 0 Å². The molecule has 3 aromatic rings. The van der Waals surface area contributed by atoms with Crippen molar-refractivity contribution in [1.82, 2.24) is 4.57 Å². The van der Waals surface area contributed by atoms with Gasteiger partial charge in [0.2, 0.25) is 5.91 Å². The summed E-state index contributed by atoms with van der Waals surface area (Å²) >= 11 is 0. The fourth-order valence-corrected chi connectivity index (χ4v) is 3.12. The van der Waals surface area contributed by atoms with Crippen molar-refractivity contribution in [3.63, 3.8) is 0 Å². The van der Waals surface area contributed by atoms with Crippen molar-refractivity contribution in [1.29, 1.82) is 0 Å². The number of carbonyl (C=O) groups excluding carboxylic acids is 1. The predicted octanol–water partition coefficient (Wildman–Crippen LogP) is 4.53. The molecule has 0 radical (unpaired) electrons. The largest absolute Gasteiger partial charge is 0.419 e. The fraction of sp³-hybridized carbons (Fsp3) is 0.273. The first-order chi connectivity index (χ1) is 14.1. The van der Waals surface area contributed by atoms with E-state index >= 15 is 0 Å². The number of nitrogens with one attached hydrogen (secondary N) is 1. The molecule has 9 heteroatoms. The van der Waals surface area contributed by atoms with Crippen LogP contribution in [0.15, 0.2) is 53.5 Å². The van der Waals surface area contributed by atoms with Crippen LogP contribution in [-0.4, -0.2) is 22.2 Å². The van der Waals surface area contributed by atoms with E-state index in [0.29, 0.717) is 28.6 Å². The number of anilines is 1. The summed E-state index contributed by atoms with van der Waals surface area (Å²) < 4.78 is 53.3. The minimum atomic E-state index is -4.86. The van der Waals surface area contributed by atoms with Crippen molar-refractivity contribution >= 4 is 22.4 Å². The van der Waals surface area contributed by atoms with Gasteiger partial charge in [0.1, 0.15) is 5.82 Å². The zero-order valence-corrected chi connectivity index (χ0v) is 15.8. The summed E-state index contributed by atoms with van der Waals surface area (Å²) in [6, 6.07) is 8.27. The Morgan fingerprint density at radius 1 is 1.16 bits per heavy atom. The molecule has 0 aliphatic heterocycles. The standard InChI is InChI=1S/C21H18F4N2O3.CH4/c1-12(11-28)27-8-7-14-15(20(27)30)3-2-4-18(14)26-19(29)10-13-5-6-17(22)16(9-13)21(23,24)25;/h2-9,12,28H,10-11H2,1H3,(H,26,29);1H4/t12-;/m0./s1. The highest BCUT2D eigenvalue weighted by Crippen LogP contribution is 2.32. The molecule has 0 fully saturated rings. The van der Waals surface area contributed by atoms with E-state index in [9.17, 15) is 32.3 Å². The van der Waals surface area contributed by atoms with Crippen molar-refractivity contribution in [2.75, 3.05) is 11.9 Å². The van der Waals surface area contributed by atoms with Crippen LogP contribution in [0.4, 0.5) is 23.2 Å². The molecule has 0 bridgehead atoms. The monoisotopic (exact) mass is 438 g/mol. The highest BCUT2D eigenvalue weighted by molar-refractivity contribution is 6.02. The van der Waals surface area contributed by atoms with Crippen LogP contribution in [0.5, 0.6) is 0 Å². The molecule has 0 saturated heterocycles. The maximum absolute atomic E-state index is 13.4. The number of halogens is 4. The van der Waals surface area contributed by atoms with Crippen molar-refractivity contribution in [2.45, 2.75) is 33.0 Å². The van der Waals surface area contributed by atoms with Crippen LogP contribution in [0.3, 0.4) is 0 Å². The molecule has 0 spiro atoms. The molecule has 31 heavy (non-hydrogen) atoms. The molecule has 2 aromatic carbocycles. The SMILES string of the molecule is C.C[C@@H](CO)n1ccc2c(NC(=O)Cc3ccc(F)c(C(F)(F)F)c3)cccc2c1=O. The smallest absolute Gasteiger partial charge is 0.394 e. The van der Waals surface area contributed by atoms with Gasteiger partial charge in [-0.15, -0.1) is 0 Å². The van der Waals surface area contributed by atoms with Gasteiger partial charge in [0.05, 0.1) is 24.6 Å². The zero-order valence-electron chi connectivity index (χ0n) is 15.8. The summed E-state index contributed by atoms with van der Waals surface area (Å²) in [5, 5.41) is 12.6. The van der Waals surface area contributed by atoms with Crippen molar-refractivity contribution in [3.8, 4) is 0 Å². The van der Waals surface area contributed by atoms with E-state index in [0.717, 1.165) is 6.07 Å². The summed E-state index contributed by atoms with van der Waals surface area (Å²) in [7, 11) is 0. The Hall–Kier alpha value is -3.20. The summed E-state index contributed by atoms with van der Waals surface area (Å²) in [5.74, 6) is -2.02. The first-order valence-corrected chi connectivity index (χ1v) is 9.02. The van der Waals surface area contributed by atoms with Gasteiger partial charge in [-0.25, -0.2) is 4.39 Å². The minimum Gasteiger partial charge on any atom is -0.394 e. The van der Waals surface area contributed by atoms with Gasteiger partial charge in [-0.1, -0.05) is 19.6 Å². The third-order valence-corrected chi connectivity index (χ3v) is 4.69. The van der Waals surface area contributed by atoms with Crippen LogP contribution in [-0.2, 0) is 17.4 Å². The summed E-state index contributed by atoms with van der Waals surface area (Å²) in [5.41, 5.74) is -1.47. The summed E-state index contributed by atoms with van der Waals surface area (Å²) in [4.78, 5) is 25.0. The van der Waals surface area contributed by atoms with Gasteiger partial charge in [-0.05, 0) is 42.8 Å². The third kappa shape index (κ3) is 5.11. The Morgan fingerprint density at radius 2 is 1.87 bits per heavy atom. The first-order valence-electron chi connectivity index (χ1n) is 9.02. The Kier molecular flexibility index (Phi) is 7.22. The molecule has 0 saturated carbocycles. The topological polar surface area (TPSA) is 71.3 Å². The van der Waals surface area contributed by atoms with Crippen LogP contribution >= 0.6 is 0 Å². The molecule has 1 atom stereocenters. The lowest BCUT2D eigenvalue weighted by atomic mass is 10.1. The van der Waals surface area contributed by atoms with Gasteiger partial charge in [0.25, 0.3) is 5.56 Å². The average Bonchev–Trinajstić information content (AvgIpc) is 2.69. The number of benzene rings is 2. The van der Waals surface area contributed by atoms with Gasteiger partial charge in [0.15, 0.2) is 0 Å². The number of aliphatic hydroxyl groups is 1. The fourth-order valence-electron chi connectivity index (χ4n) is 3.12. The van der Waals surface area contributed by atoms with E-state index in [2.05, 4.69) is 5.32 Å². The normalized spacial score (nSPS) is 12.3. The van der Waals surface area contributed by atoms with E-state index in [1.54, 1.807) is 31.2 Å². The molecule has 1 amide bonds. The van der Waals surface area contributed by atoms with Gasteiger partial charge < -0.3 is 15.0 Å². The Labute approximate surface area is 175 Å². The third-order valence-electron chi connectivity index (χ3n) is 4.69. The number of nitrogens with zero attached hydrogens (tertiary/aromatic N) is 1. The first kappa shape index (κ1) is 24.1. The summed E-state index contributed by atoms with van der Waals surface area (Å²) in [6.45, 7) is 1.45. The summed E-state index contributed by atoms with van der Waals surface area (Å²) in [6.07, 6.45) is -3.77. The number of aromatic nitrogens is 1. The van der Waals surface area contributed by atoms with E-state index in [1.165, 1.54) is 10.8 Å². The van der Waals surface area contributed by atoms with Crippen molar-refractivity contribution in [3.05, 3.63) is 76.0 Å². The lowest BCUT2D eigenvalue weighted by Gasteiger charge is -2.15. The molecular weight excluding hydrogens is 416 g/mol. The highest BCUT2D eigenvalue weighted by Gasteiger charge is 2.34. The molecule has 5 nitrogen and oxygen atoms in total. The molecule has 2 N–H and O–H groups in total. The molecule has 166 valence electrons. The Morgan fingerprint density at radius 3 is 2.52 bits per heavy atom. The number of hydrogen-bond donors (Lipinski definition) is 2. The van der Waals surface area contributed by atoms with E-state index < -0.39 is 35.9 Å². The van der Waals surface area contributed by atoms with E-state index in [1.807, 2.05) is 0 Å². The van der Waals surface area contributed by atoms with Gasteiger partial charge in [-0.2, -0.15) is 13.2 Å². The molecular formula is C22H22F4N2O3. The lowest BCUT2D eigenvalue weighted by molar-refractivity contribution is -0.140. The highest BCUT2D eigenvalue weighted by atomic mass is 19.4. The van der Waals surface area contributed by atoms with Gasteiger partial charge in [0, 0.05) is 22.7 Å². The number of amides is 1. The van der Waals surface area contributed by atoms with Crippen molar-refractivity contribution < 1.29 is 27.5 Å². The molecule has 1 heterocycles. The maximum Gasteiger partial charge on any atom is 0.419 e. The molecule has 3 rings (SSSR count). The predicted molar refractivity (Wildman–Crippen MR) is 110 cm³/mol. The second-order valence-corrected chi connectivity index (χ2v) is 6.86. The molecule has 0 aliphatic rings.